The number of nitrogens with one attached hydrogen (secondary N) is 1. The Kier molecular flexibility index (Phi) is 7.18. The monoisotopic (exact) mass is 393 g/mol. The van der Waals surface area contributed by atoms with E-state index < -0.39 is 28.3 Å². The molecule has 2 rings (SSSR count). The third kappa shape index (κ3) is 5.33. The maximum absolute atomic E-state index is 9.70. The molecule has 124 valence electrons. The summed E-state index contributed by atoms with van der Waals surface area (Å²) in [6, 6.07) is 13.1. The summed E-state index contributed by atoms with van der Waals surface area (Å²) in [7, 11) is -4.79. The van der Waals surface area contributed by atoms with Gasteiger partial charge in [0.05, 0.1) is 0 Å². The first-order chi connectivity index (χ1) is 10.9. The van der Waals surface area contributed by atoms with Crippen LogP contribution in [-0.4, -0.2) is 19.6 Å². The van der Waals surface area contributed by atoms with Gasteiger partial charge in [0, 0.05) is 10.0 Å². The maximum Gasteiger partial charge on any atom is 0.188 e. The average molecular weight is 394 g/mol. The Balaban J connectivity index is 2.28. The maximum atomic E-state index is 9.70. The lowest BCUT2D eigenvalue weighted by atomic mass is 10.2. The highest BCUT2D eigenvalue weighted by atomic mass is 35.5. The largest absolute Gasteiger partial charge is 0.349 e. The number of rotatable bonds is 6. The molecule has 23 heavy (non-hydrogen) atoms. The highest BCUT2D eigenvalue weighted by Gasteiger charge is 2.28. The first kappa shape index (κ1) is 19.0. The van der Waals surface area contributed by atoms with Crippen LogP contribution >= 0.6 is 40.0 Å². The molecule has 2 unspecified atom stereocenters. The van der Waals surface area contributed by atoms with Gasteiger partial charge in [-0.25, -0.2) is 0 Å². The van der Waals surface area contributed by atoms with Crippen molar-refractivity contribution in [3.63, 3.8) is 0 Å². The summed E-state index contributed by atoms with van der Waals surface area (Å²) >= 11 is 11.7. The smallest absolute Gasteiger partial charge is 0.188 e. The molecule has 0 bridgehead atoms. The van der Waals surface area contributed by atoms with E-state index in [-0.39, 0.29) is 0 Å². The third-order valence-electron chi connectivity index (χ3n) is 3.15. The molecular formula is C14H15Cl2NO4P2. The predicted octanol–water partition coefficient (Wildman–Crippen LogP) is 3.87. The van der Waals surface area contributed by atoms with E-state index in [0.717, 1.165) is 0 Å². The van der Waals surface area contributed by atoms with Crippen LogP contribution in [0.5, 0.6) is 0 Å². The minimum Gasteiger partial charge on any atom is -0.349 e. The van der Waals surface area contributed by atoms with E-state index in [1.807, 2.05) is 0 Å². The van der Waals surface area contributed by atoms with Gasteiger partial charge in [-0.05, 0) is 35.4 Å². The van der Waals surface area contributed by atoms with Gasteiger partial charge in [0.2, 0.25) is 0 Å². The molecule has 9 heteroatoms. The Morgan fingerprint density at radius 2 is 0.957 bits per heavy atom. The molecular weight excluding hydrogens is 379 g/mol. The van der Waals surface area contributed by atoms with Gasteiger partial charge < -0.3 is 19.6 Å². The van der Waals surface area contributed by atoms with Gasteiger partial charge in [-0.15, -0.1) is 0 Å². The molecule has 0 heterocycles. The van der Waals surface area contributed by atoms with Gasteiger partial charge in [0.15, 0.2) is 16.8 Å². The van der Waals surface area contributed by atoms with Crippen molar-refractivity contribution < 1.29 is 19.6 Å². The Morgan fingerprint density at radius 1 is 0.652 bits per heavy atom. The quantitative estimate of drug-likeness (QED) is 0.480. The van der Waals surface area contributed by atoms with Crippen molar-refractivity contribution in [1.29, 1.82) is 0 Å². The van der Waals surface area contributed by atoms with E-state index in [1.54, 1.807) is 48.5 Å². The van der Waals surface area contributed by atoms with Gasteiger partial charge in [-0.1, -0.05) is 47.5 Å². The zero-order chi connectivity index (χ0) is 17.0. The Hall–Kier alpha value is -0.320. The standard InChI is InChI=1S/C14H15Cl2NO4P2/c15-11-5-1-9(2-6-11)13(22(18)19)17-14(23(20)21)10-3-7-12(16)8-4-10/h1-8,13-14,17-21H. The zero-order valence-electron chi connectivity index (χ0n) is 11.7. The molecule has 0 amide bonds. The van der Waals surface area contributed by atoms with Crippen molar-refractivity contribution in [1.82, 2.24) is 5.32 Å². The normalized spacial score (nSPS) is 14.3. The van der Waals surface area contributed by atoms with Crippen molar-refractivity contribution in [3.05, 3.63) is 69.7 Å². The van der Waals surface area contributed by atoms with Gasteiger partial charge in [-0.2, -0.15) is 0 Å². The number of benzene rings is 2. The summed E-state index contributed by atoms with van der Waals surface area (Å²) in [5.74, 6) is -1.71. The summed E-state index contributed by atoms with van der Waals surface area (Å²) in [6.45, 7) is 0. The molecule has 5 N–H and O–H groups in total. The van der Waals surface area contributed by atoms with Crippen LogP contribution in [0.3, 0.4) is 0 Å². The number of hydrogen-bond acceptors (Lipinski definition) is 5. The molecule has 0 aliphatic rings. The van der Waals surface area contributed by atoms with E-state index in [0.29, 0.717) is 21.2 Å². The topological polar surface area (TPSA) is 93.0 Å². The van der Waals surface area contributed by atoms with E-state index in [4.69, 9.17) is 23.2 Å². The van der Waals surface area contributed by atoms with Gasteiger partial charge >= 0.3 is 0 Å². The molecule has 2 aromatic rings. The second-order valence-electron chi connectivity index (χ2n) is 4.72. The minimum atomic E-state index is -2.40. The van der Waals surface area contributed by atoms with Crippen molar-refractivity contribution in [2.75, 3.05) is 0 Å². The molecule has 0 aliphatic carbocycles. The SMILES string of the molecule is OP(O)C(NC(c1ccc(Cl)cc1)P(O)O)c1ccc(Cl)cc1. The Labute approximate surface area is 146 Å². The van der Waals surface area contributed by atoms with Crippen LogP contribution in [0.15, 0.2) is 48.5 Å². The fourth-order valence-electron chi connectivity index (χ4n) is 2.03. The summed E-state index contributed by atoms with van der Waals surface area (Å²) in [4.78, 5) is 38.8. The van der Waals surface area contributed by atoms with Crippen LogP contribution in [0.25, 0.3) is 0 Å². The lowest BCUT2D eigenvalue weighted by Crippen LogP contribution is -2.24. The minimum absolute atomic E-state index is 0.522. The molecule has 0 saturated carbocycles. The van der Waals surface area contributed by atoms with Crippen LogP contribution in [0, 0.1) is 0 Å². The molecule has 0 spiro atoms. The first-order valence-corrected chi connectivity index (χ1v) is 9.88. The van der Waals surface area contributed by atoms with E-state index in [2.05, 4.69) is 5.32 Å². The summed E-state index contributed by atoms with van der Waals surface area (Å²) in [6.07, 6.45) is 0. The molecule has 0 aromatic heterocycles. The second kappa shape index (κ2) is 8.68. The molecule has 0 radical (unpaired) electrons. The highest BCUT2D eigenvalue weighted by Crippen LogP contribution is 2.49. The summed E-state index contributed by atoms with van der Waals surface area (Å²) in [5.41, 5.74) is 1.17. The van der Waals surface area contributed by atoms with Crippen molar-refractivity contribution in [2.45, 2.75) is 11.6 Å². The van der Waals surface area contributed by atoms with Gasteiger partial charge in [-0.3, -0.25) is 5.32 Å². The van der Waals surface area contributed by atoms with Crippen LogP contribution in [0.1, 0.15) is 22.7 Å². The summed E-state index contributed by atoms with van der Waals surface area (Å²) in [5, 5.41) is 3.94. The lowest BCUT2D eigenvalue weighted by molar-refractivity contribution is 0.421. The average Bonchev–Trinajstić information content (AvgIpc) is 2.50. The van der Waals surface area contributed by atoms with Gasteiger partial charge in [0.25, 0.3) is 0 Å². The van der Waals surface area contributed by atoms with Crippen LogP contribution < -0.4 is 5.32 Å². The third-order valence-corrected chi connectivity index (χ3v) is 5.47. The van der Waals surface area contributed by atoms with Gasteiger partial charge in [0.1, 0.15) is 11.6 Å². The fourth-order valence-corrected chi connectivity index (χ4v) is 3.84. The predicted molar refractivity (Wildman–Crippen MR) is 94.2 cm³/mol. The van der Waals surface area contributed by atoms with E-state index in [1.165, 1.54) is 0 Å². The number of halogens is 2. The Bertz CT molecular complexity index is 570. The molecule has 2 atom stereocenters. The molecule has 0 aliphatic heterocycles. The van der Waals surface area contributed by atoms with Crippen LogP contribution in [0.2, 0.25) is 10.0 Å². The van der Waals surface area contributed by atoms with E-state index in [9.17, 15) is 19.6 Å². The summed E-state index contributed by atoms with van der Waals surface area (Å²) < 4.78 is 0. The Morgan fingerprint density at radius 3 is 1.22 bits per heavy atom. The fraction of sp³-hybridized carbons (Fsp3) is 0.143. The molecule has 0 saturated heterocycles. The van der Waals surface area contributed by atoms with E-state index >= 15 is 0 Å². The second-order valence-corrected chi connectivity index (χ2v) is 7.90. The lowest BCUT2D eigenvalue weighted by Gasteiger charge is -2.27. The van der Waals surface area contributed by atoms with Crippen molar-refractivity contribution in [2.24, 2.45) is 0 Å². The molecule has 2 aromatic carbocycles. The first-order valence-electron chi connectivity index (χ1n) is 6.49. The van der Waals surface area contributed by atoms with Crippen molar-refractivity contribution >= 4 is 40.0 Å². The molecule has 0 fully saturated rings. The zero-order valence-corrected chi connectivity index (χ0v) is 15.0. The highest BCUT2D eigenvalue weighted by molar-refractivity contribution is 7.46. The van der Waals surface area contributed by atoms with Crippen molar-refractivity contribution in [3.8, 4) is 0 Å². The van der Waals surface area contributed by atoms with Crippen LogP contribution in [0.4, 0.5) is 0 Å². The van der Waals surface area contributed by atoms with Crippen LogP contribution in [-0.2, 0) is 0 Å². The number of hydrogen-bond donors (Lipinski definition) is 5. The molecule has 5 nitrogen and oxygen atoms in total.